The Morgan fingerprint density at radius 1 is 1.20 bits per heavy atom. The van der Waals surface area contributed by atoms with E-state index in [4.69, 9.17) is 16.3 Å². The molecule has 0 atom stereocenters. The summed E-state index contributed by atoms with van der Waals surface area (Å²) < 4.78 is 6.99. The molecule has 0 aliphatic rings. The van der Waals surface area contributed by atoms with E-state index in [1.54, 1.807) is 47.4 Å². The Kier molecular flexibility index (Phi) is 5.15. The molecule has 0 bridgehead atoms. The summed E-state index contributed by atoms with van der Waals surface area (Å²) in [7, 11) is 0. The van der Waals surface area contributed by atoms with Gasteiger partial charge in [0.05, 0.1) is 0 Å². The van der Waals surface area contributed by atoms with Crippen molar-refractivity contribution in [3.63, 3.8) is 0 Å². The van der Waals surface area contributed by atoms with E-state index in [2.05, 4.69) is 5.43 Å². The summed E-state index contributed by atoms with van der Waals surface area (Å²) in [4.78, 5) is 12.0. The average molecular weight is 290 g/mol. The van der Waals surface area contributed by atoms with E-state index < -0.39 is 0 Å². The van der Waals surface area contributed by atoms with Crippen molar-refractivity contribution < 1.29 is 14.2 Å². The molecule has 20 heavy (non-hydrogen) atoms. The normalized spacial score (nSPS) is 10.4. The molecule has 0 saturated carbocycles. The molecule has 2 aromatic rings. The van der Waals surface area contributed by atoms with Gasteiger partial charge in [0, 0.05) is 23.2 Å². The van der Waals surface area contributed by atoms with Crippen LogP contribution in [0.2, 0.25) is 0 Å². The van der Waals surface area contributed by atoms with Gasteiger partial charge in [-0.1, -0.05) is 22.3 Å². The highest BCUT2D eigenvalue weighted by molar-refractivity contribution is 6.25. The lowest BCUT2D eigenvalue weighted by Crippen LogP contribution is -2.47. The molecule has 4 nitrogen and oxygen atoms in total. The van der Waals surface area contributed by atoms with E-state index in [9.17, 15) is 4.79 Å². The van der Waals surface area contributed by atoms with Gasteiger partial charge < -0.3 is 4.74 Å². The van der Waals surface area contributed by atoms with Crippen LogP contribution in [0.1, 0.15) is 10.4 Å². The van der Waals surface area contributed by atoms with E-state index in [-0.39, 0.29) is 5.91 Å². The molecule has 0 aliphatic heterocycles. The molecule has 1 N–H and O–H groups in total. The van der Waals surface area contributed by atoms with Crippen LogP contribution in [0.5, 0.6) is 5.75 Å². The molecule has 1 aromatic carbocycles. The minimum Gasteiger partial charge on any atom is -0.490 e. The first-order chi connectivity index (χ1) is 9.79. The SMILES string of the molecule is O=C(N[n+]1ccccc1)c1ccc(OC/C=C/Cl)cc1. The minimum atomic E-state index is -0.187. The fraction of sp³-hybridized carbons (Fsp3) is 0.0667. The molecule has 0 fully saturated rings. The first kappa shape index (κ1) is 14.1. The van der Waals surface area contributed by atoms with Crippen molar-refractivity contribution >= 4 is 17.5 Å². The van der Waals surface area contributed by atoms with Gasteiger partial charge in [-0.25, -0.2) is 0 Å². The second kappa shape index (κ2) is 7.31. The molecule has 102 valence electrons. The third kappa shape index (κ3) is 4.10. The number of pyridine rings is 1. The van der Waals surface area contributed by atoms with Gasteiger partial charge in [0.15, 0.2) is 12.4 Å². The van der Waals surface area contributed by atoms with Crippen molar-refractivity contribution in [2.45, 2.75) is 0 Å². The molecule has 1 heterocycles. The third-order valence-electron chi connectivity index (χ3n) is 2.50. The van der Waals surface area contributed by atoms with Crippen LogP contribution >= 0.6 is 11.6 Å². The Bertz CT molecular complexity index is 583. The number of benzene rings is 1. The maximum atomic E-state index is 12.0. The second-order valence-electron chi connectivity index (χ2n) is 3.92. The van der Waals surface area contributed by atoms with Gasteiger partial charge in [-0.05, 0) is 30.3 Å². The van der Waals surface area contributed by atoms with Crippen molar-refractivity contribution in [3.05, 3.63) is 72.0 Å². The molecule has 2 rings (SSSR count). The second-order valence-corrected chi connectivity index (χ2v) is 4.17. The number of hydrogen-bond donors (Lipinski definition) is 1. The number of aromatic nitrogens is 1. The molecule has 0 spiro atoms. The Labute approximate surface area is 122 Å². The molecule has 1 amide bonds. The molecule has 0 saturated heterocycles. The van der Waals surface area contributed by atoms with Crippen molar-refractivity contribution in [2.24, 2.45) is 0 Å². The molecule has 5 heteroatoms. The van der Waals surface area contributed by atoms with Crippen LogP contribution < -0.4 is 14.8 Å². The smallest absolute Gasteiger partial charge is 0.305 e. The first-order valence-corrected chi connectivity index (χ1v) is 6.49. The summed E-state index contributed by atoms with van der Waals surface area (Å²) in [5.41, 5.74) is 4.70. The highest BCUT2D eigenvalue weighted by Crippen LogP contribution is 2.12. The van der Waals surface area contributed by atoms with Crippen LogP contribution in [0.4, 0.5) is 0 Å². The lowest BCUT2D eigenvalue weighted by molar-refractivity contribution is -0.641. The molecule has 0 unspecified atom stereocenters. The number of rotatable bonds is 5. The van der Waals surface area contributed by atoms with Crippen molar-refractivity contribution in [3.8, 4) is 5.75 Å². The Hall–Kier alpha value is -2.33. The number of amides is 1. The van der Waals surface area contributed by atoms with Gasteiger partial charge >= 0.3 is 5.91 Å². The van der Waals surface area contributed by atoms with Crippen LogP contribution in [0, 0.1) is 0 Å². The summed E-state index contributed by atoms with van der Waals surface area (Å²) in [6.45, 7) is 0.398. The van der Waals surface area contributed by atoms with Crippen LogP contribution in [0.15, 0.2) is 66.5 Å². The standard InChI is InChI=1S/C15H13ClN2O2/c16-9-4-12-20-14-7-5-13(6-8-14)15(19)17-18-10-2-1-3-11-18/h1-11H,12H2/p+1/b9-4+. The quantitative estimate of drug-likeness (QED) is 0.859. The summed E-state index contributed by atoms with van der Waals surface area (Å²) in [5.74, 6) is 0.497. The van der Waals surface area contributed by atoms with Gasteiger partial charge in [0.1, 0.15) is 12.4 Å². The van der Waals surface area contributed by atoms with E-state index in [0.29, 0.717) is 17.9 Å². The van der Waals surface area contributed by atoms with E-state index in [1.165, 1.54) is 5.54 Å². The van der Waals surface area contributed by atoms with Crippen molar-refractivity contribution in [1.82, 2.24) is 0 Å². The zero-order chi connectivity index (χ0) is 14.2. The maximum absolute atomic E-state index is 12.0. The fourth-order valence-corrected chi connectivity index (χ4v) is 1.61. The number of nitrogens with one attached hydrogen (secondary N) is 1. The largest absolute Gasteiger partial charge is 0.490 e. The molecule has 0 radical (unpaired) electrons. The number of ether oxygens (including phenoxy) is 1. The fourth-order valence-electron chi connectivity index (χ4n) is 1.54. The lowest BCUT2D eigenvalue weighted by atomic mass is 10.2. The molecule has 0 aliphatic carbocycles. The molecular formula is C15H14ClN2O2+. The van der Waals surface area contributed by atoms with E-state index >= 15 is 0 Å². The number of carbonyl (C=O) groups excluding carboxylic acids is 1. The Morgan fingerprint density at radius 2 is 1.90 bits per heavy atom. The van der Waals surface area contributed by atoms with Crippen LogP contribution in [-0.4, -0.2) is 12.5 Å². The number of halogens is 1. The first-order valence-electron chi connectivity index (χ1n) is 6.05. The molecule has 1 aromatic heterocycles. The summed E-state index contributed by atoms with van der Waals surface area (Å²) in [6.07, 6.45) is 5.20. The highest BCUT2D eigenvalue weighted by atomic mass is 35.5. The van der Waals surface area contributed by atoms with Gasteiger partial charge in [-0.3, -0.25) is 4.79 Å². The van der Waals surface area contributed by atoms with Gasteiger partial charge in [-0.15, -0.1) is 5.43 Å². The summed E-state index contributed by atoms with van der Waals surface area (Å²) >= 11 is 5.40. The van der Waals surface area contributed by atoms with Gasteiger partial charge in [0.2, 0.25) is 0 Å². The monoisotopic (exact) mass is 289 g/mol. The predicted octanol–water partition coefficient (Wildman–Crippen LogP) is 2.49. The van der Waals surface area contributed by atoms with Crippen molar-refractivity contribution in [1.29, 1.82) is 0 Å². The minimum absolute atomic E-state index is 0.187. The van der Waals surface area contributed by atoms with E-state index in [1.807, 2.05) is 18.2 Å². The zero-order valence-electron chi connectivity index (χ0n) is 10.7. The van der Waals surface area contributed by atoms with E-state index in [0.717, 1.165) is 0 Å². The van der Waals surface area contributed by atoms with Gasteiger partial charge in [0.25, 0.3) is 0 Å². The van der Waals surface area contributed by atoms with Crippen LogP contribution in [-0.2, 0) is 0 Å². The summed E-state index contributed by atoms with van der Waals surface area (Å²) in [5, 5.41) is 0. The lowest BCUT2D eigenvalue weighted by Gasteiger charge is -2.04. The Morgan fingerprint density at radius 3 is 2.55 bits per heavy atom. The van der Waals surface area contributed by atoms with Crippen molar-refractivity contribution in [2.75, 3.05) is 12.0 Å². The number of carbonyl (C=O) groups is 1. The van der Waals surface area contributed by atoms with Crippen LogP contribution in [0.3, 0.4) is 0 Å². The highest BCUT2D eigenvalue weighted by Gasteiger charge is 2.09. The zero-order valence-corrected chi connectivity index (χ0v) is 11.5. The van der Waals surface area contributed by atoms with Crippen LogP contribution in [0.25, 0.3) is 0 Å². The predicted molar refractivity (Wildman–Crippen MR) is 77.3 cm³/mol. The molecular weight excluding hydrogens is 276 g/mol. The maximum Gasteiger partial charge on any atom is 0.305 e. The van der Waals surface area contributed by atoms with Gasteiger partial charge in [-0.2, -0.15) is 0 Å². The Balaban J connectivity index is 1.97. The average Bonchev–Trinajstić information content (AvgIpc) is 2.49. The number of hydrogen-bond acceptors (Lipinski definition) is 2. The third-order valence-corrected chi connectivity index (χ3v) is 2.68. The topological polar surface area (TPSA) is 42.2 Å². The number of nitrogens with zero attached hydrogens (tertiary/aromatic N) is 1. The summed E-state index contributed by atoms with van der Waals surface area (Å²) in [6, 6.07) is 12.4.